The lowest BCUT2D eigenvalue weighted by Crippen LogP contribution is -2.26. The average Bonchev–Trinajstić information content (AvgIpc) is 3.40. The summed E-state index contributed by atoms with van der Waals surface area (Å²) in [6.45, 7) is 7.14. The highest BCUT2D eigenvalue weighted by atomic mass is 16.5. The van der Waals surface area contributed by atoms with Gasteiger partial charge in [-0.1, -0.05) is 36.4 Å². The number of amides is 1. The molecule has 5 rings (SSSR count). The Labute approximate surface area is 205 Å². The third kappa shape index (κ3) is 4.80. The molecule has 6 nitrogen and oxygen atoms in total. The lowest BCUT2D eigenvalue weighted by atomic mass is 10.1. The summed E-state index contributed by atoms with van der Waals surface area (Å²) in [5.41, 5.74) is 6.02. The molecule has 4 aromatic rings. The Bertz CT molecular complexity index is 1380. The number of ether oxygens (including phenoxy) is 1. The van der Waals surface area contributed by atoms with E-state index in [9.17, 15) is 9.90 Å². The first-order chi connectivity index (χ1) is 16.9. The molecule has 1 fully saturated rings. The minimum atomic E-state index is -0.726. The van der Waals surface area contributed by atoms with Crippen molar-refractivity contribution in [3.8, 4) is 5.75 Å². The summed E-state index contributed by atoms with van der Waals surface area (Å²) in [6.07, 6.45) is -0.331. The molecule has 35 heavy (non-hydrogen) atoms. The number of hydrogen-bond acceptors (Lipinski definition) is 4. The first kappa shape index (κ1) is 23.1. The molecule has 0 saturated carbocycles. The number of benzene rings is 3. The van der Waals surface area contributed by atoms with E-state index in [0.29, 0.717) is 19.5 Å². The van der Waals surface area contributed by atoms with Crippen molar-refractivity contribution in [2.45, 2.75) is 45.8 Å². The molecule has 180 valence electrons. The number of nitrogens with zero attached hydrogens (tertiary/aromatic N) is 3. The topological polar surface area (TPSA) is 67.6 Å². The van der Waals surface area contributed by atoms with Gasteiger partial charge in [-0.3, -0.25) is 4.79 Å². The molecule has 1 N–H and O–H groups in total. The molecular weight excluding hydrogens is 438 g/mol. The van der Waals surface area contributed by atoms with E-state index in [1.54, 1.807) is 0 Å². The molecule has 0 spiro atoms. The van der Waals surface area contributed by atoms with Crippen LogP contribution in [0.4, 0.5) is 5.69 Å². The maximum atomic E-state index is 13.0. The zero-order valence-electron chi connectivity index (χ0n) is 20.4. The van der Waals surface area contributed by atoms with Crippen LogP contribution in [-0.2, 0) is 11.3 Å². The summed E-state index contributed by atoms with van der Waals surface area (Å²) in [4.78, 5) is 19.7. The second-order valence-corrected chi connectivity index (χ2v) is 9.55. The first-order valence-corrected chi connectivity index (χ1v) is 12.1. The van der Waals surface area contributed by atoms with E-state index in [-0.39, 0.29) is 18.4 Å². The van der Waals surface area contributed by atoms with Crippen LogP contribution in [0.1, 0.15) is 34.9 Å². The molecule has 1 saturated heterocycles. The maximum absolute atomic E-state index is 13.0. The van der Waals surface area contributed by atoms with Gasteiger partial charge < -0.3 is 19.3 Å². The van der Waals surface area contributed by atoms with Gasteiger partial charge in [-0.15, -0.1) is 0 Å². The highest BCUT2D eigenvalue weighted by Crippen LogP contribution is 2.33. The smallest absolute Gasteiger partial charge is 0.227 e. The van der Waals surface area contributed by atoms with Crippen LogP contribution in [0.2, 0.25) is 0 Å². The fourth-order valence-electron chi connectivity index (χ4n) is 4.84. The Morgan fingerprint density at radius 3 is 2.66 bits per heavy atom. The van der Waals surface area contributed by atoms with Gasteiger partial charge in [-0.05, 0) is 67.8 Å². The van der Waals surface area contributed by atoms with Crippen LogP contribution in [0.3, 0.4) is 0 Å². The average molecular weight is 470 g/mol. The van der Waals surface area contributed by atoms with Crippen molar-refractivity contribution in [3.05, 3.63) is 89.2 Å². The molecular formula is C29H31N3O3. The van der Waals surface area contributed by atoms with E-state index in [1.165, 1.54) is 0 Å². The molecule has 1 aliphatic rings. The first-order valence-electron chi connectivity index (χ1n) is 12.1. The third-order valence-corrected chi connectivity index (χ3v) is 6.66. The summed E-state index contributed by atoms with van der Waals surface area (Å²) in [5, 5.41) is 10.9. The number of imidazole rings is 1. The molecule has 0 bridgehead atoms. The summed E-state index contributed by atoms with van der Waals surface area (Å²) in [5.74, 6) is 1.66. The van der Waals surface area contributed by atoms with Gasteiger partial charge in [0.1, 0.15) is 24.3 Å². The quantitative estimate of drug-likeness (QED) is 0.417. The minimum Gasteiger partial charge on any atom is -0.491 e. The highest BCUT2D eigenvalue weighted by Gasteiger charge is 2.35. The van der Waals surface area contributed by atoms with Crippen molar-refractivity contribution in [1.29, 1.82) is 0 Å². The van der Waals surface area contributed by atoms with Gasteiger partial charge in [0.25, 0.3) is 0 Å². The maximum Gasteiger partial charge on any atom is 0.227 e. The van der Waals surface area contributed by atoms with Gasteiger partial charge in [0.05, 0.1) is 17.6 Å². The predicted molar refractivity (Wildman–Crippen MR) is 138 cm³/mol. The van der Waals surface area contributed by atoms with E-state index in [2.05, 4.69) is 4.57 Å². The van der Waals surface area contributed by atoms with E-state index in [4.69, 9.17) is 9.72 Å². The largest absolute Gasteiger partial charge is 0.491 e. The lowest BCUT2D eigenvalue weighted by Gasteiger charge is -2.19. The van der Waals surface area contributed by atoms with Crippen LogP contribution in [0, 0.1) is 20.8 Å². The molecule has 0 radical (unpaired) electrons. The van der Waals surface area contributed by atoms with Gasteiger partial charge in [0.15, 0.2) is 0 Å². The zero-order chi connectivity index (χ0) is 24.5. The van der Waals surface area contributed by atoms with E-state index in [1.807, 2.05) is 92.4 Å². The number of hydrogen-bond donors (Lipinski definition) is 1. The number of aliphatic hydroxyl groups excluding tert-OH is 1. The monoisotopic (exact) mass is 469 g/mol. The van der Waals surface area contributed by atoms with E-state index >= 15 is 0 Å². The fourth-order valence-corrected chi connectivity index (χ4v) is 4.84. The Morgan fingerprint density at radius 2 is 1.83 bits per heavy atom. The van der Waals surface area contributed by atoms with Crippen LogP contribution in [0.25, 0.3) is 11.0 Å². The molecule has 0 unspecified atom stereocenters. The van der Waals surface area contributed by atoms with Crippen molar-refractivity contribution in [2.24, 2.45) is 0 Å². The Balaban J connectivity index is 1.39. The molecule has 6 heteroatoms. The number of anilines is 1. The number of aryl methyl sites for hydroxylation is 3. The molecule has 2 atom stereocenters. The Morgan fingerprint density at radius 1 is 1.03 bits per heavy atom. The number of aromatic nitrogens is 2. The van der Waals surface area contributed by atoms with Crippen molar-refractivity contribution < 1.29 is 14.6 Å². The number of para-hydroxylation sites is 2. The fraction of sp³-hybridized carbons (Fsp3) is 0.310. The second kappa shape index (κ2) is 9.55. The molecule has 1 aromatic heterocycles. The van der Waals surface area contributed by atoms with Crippen LogP contribution in [0.15, 0.2) is 66.7 Å². The lowest BCUT2D eigenvalue weighted by molar-refractivity contribution is -0.117. The molecule has 2 heterocycles. The summed E-state index contributed by atoms with van der Waals surface area (Å²) in [6, 6.07) is 22.0. The van der Waals surface area contributed by atoms with Gasteiger partial charge in [0.2, 0.25) is 5.91 Å². The van der Waals surface area contributed by atoms with Crippen molar-refractivity contribution in [1.82, 2.24) is 9.55 Å². The standard InChI is InChI=1S/C29H31N3O3/c1-19-7-6-8-23(13-19)31-16-22(15-28(31)34)29-30-25-9-4-5-10-26(25)32(29)17-24(33)18-35-27-14-20(2)11-12-21(27)3/h4-14,22,24,33H,15-18H2,1-3H3/t22-,24+/m0/s1. The summed E-state index contributed by atoms with van der Waals surface area (Å²) >= 11 is 0. The predicted octanol–water partition coefficient (Wildman–Crippen LogP) is 4.92. The number of aliphatic hydroxyl groups is 1. The second-order valence-electron chi connectivity index (χ2n) is 9.55. The van der Waals surface area contributed by atoms with Gasteiger partial charge >= 0.3 is 0 Å². The van der Waals surface area contributed by atoms with Crippen molar-refractivity contribution in [2.75, 3.05) is 18.1 Å². The van der Waals surface area contributed by atoms with Gasteiger partial charge in [-0.25, -0.2) is 4.98 Å². The molecule has 1 aliphatic heterocycles. The summed E-state index contributed by atoms with van der Waals surface area (Å²) in [7, 11) is 0. The van der Waals surface area contributed by atoms with Crippen molar-refractivity contribution >= 4 is 22.6 Å². The van der Waals surface area contributed by atoms with Crippen molar-refractivity contribution in [3.63, 3.8) is 0 Å². The minimum absolute atomic E-state index is 0.0532. The number of fused-ring (bicyclic) bond motifs is 1. The number of carbonyl (C=O) groups excluding carboxylic acids is 1. The van der Waals surface area contributed by atoms with Gasteiger partial charge in [-0.2, -0.15) is 0 Å². The molecule has 1 amide bonds. The number of carbonyl (C=O) groups is 1. The van der Waals surface area contributed by atoms with Crippen LogP contribution in [-0.4, -0.2) is 39.8 Å². The molecule has 0 aliphatic carbocycles. The highest BCUT2D eigenvalue weighted by molar-refractivity contribution is 5.96. The Hall–Kier alpha value is -3.64. The number of rotatable bonds is 7. The van der Waals surface area contributed by atoms with Gasteiger partial charge in [0, 0.05) is 24.6 Å². The third-order valence-electron chi connectivity index (χ3n) is 6.66. The van der Waals surface area contributed by atoms with Crippen LogP contribution < -0.4 is 9.64 Å². The van der Waals surface area contributed by atoms with Crippen LogP contribution in [0.5, 0.6) is 5.75 Å². The van der Waals surface area contributed by atoms with Crippen LogP contribution >= 0.6 is 0 Å². The normalized spacial score (nSPS) is 16.7. The molecule has 3 aromatic carbocycles. The SMILES string of the molecule is Cc1cccc(N2C[C@@H](c3nc4ccccc4n3C[C@@H](O)COc3cc(C)ccc3C)CC2=O)c1. The summed E-state index contributed by atoms with van der Waals surface area (Å²) < 4.78 is 8.02. The Kier molecular flexibility index (Phi) is 6.31. The van der Waals surface area contributed by atoms with E-state index < -0.39 is 6.10 Å². The zero-order valence-corrected chi connectivity index (χ0v) is 20.4. The van der Waals surface area contributed by atoms with E-state index in [0.717, 1.165) is 45.0 Å².